The maximum atomic E-state index is 5.41. The highest BCUT2D eigenvalue weighted by molar-refractivity contribution is 7.99. The lowest BCUT2D eigenvalue weighted by atomic mass is 10.5. The van der Waals surface area contributed by atoms with E-state index < -0.39 is 0 Å². The van der Waals surface area contributed by atoms with Crippen LogP contribution in [-0.4, -0.2) is 36.9 Å². The molecule has 13 heavy (non-hydrogen) atoms. The van der Waals surface area contributed by atoms with Crippen molar-refractivity contribution in [1.82, 2.24) is 0 Å². The summed E-state index contributed by atoms with van der Waals surface area (Å²) < 4.78 is 10.8. The number of thioether (sulfide) groups is 1. The zero-order valence-corrected chi connectivity index (χ0v) is 10.0. The van der Waals surface area contributed by atoms with Crippen molar-refractivity contribution in [1.29, 1.82) is 0 Å². The average molecular weight is 206 g/mol. The Hall–Kier alpha value is 0.270. The lowest BCUT2D eigenvalue weighted by Crippen LogP contribution is -2.08. The summed E-state index contributed by atoms with van der Waals surface area (Å²) in [6.07, 6.45) is 0.708. The lowest BCUT2D eigenvalue weighted by Gasteiger charge is -2.08. The summed E-state index contributed by atoms with van der Waals surface area (Å²) in [5.74, 6) is 2.14. The predicted molar refractivity (Wildman–Crippen MR) is 59.5 cm³/mol. The van der Waals surface area contributed by atoms with Gasteiger partial charge in [0.05, 0.1) is 25.4 Å². The van der Waals surface area contributed by atoms with Gasteiger partial charge < -0.3 is 9.47 Å². The first kappa shape index (κ1) is 13.3. The molecule has 0 aliphatic rings. The molecular formula is C10H22O2S. The molecule has 0 amide bonds. The highest BCUT2D eigenvalue weighted by Crippen LogP contribution is 2.01. The first-order chi connectivity index (χ1) is 6.13. The summed E-state index contributed by atoms with van der Waals surface area (Å²) in [7, 11) is 0. The normalized spacial score (nSPS) is 11.5. The Labute approximate surface area is 86.4 Å². The molecule has 0 unspecified atom stereocenters. The monoisotopic (exact) mass is 206 g/mol. The van der Waals surface area contributed by atoms with Crippen LogP contribution in [0.5, 0.6) is 0 Å². The van der Waals surface area contributed by atoms with Gasteiger partial charge in [-0.25, -0.2) is 0 Å². The van der Waals surface area contributed by atoms with Gasteiger partial charge in [-0.3, -0.25) is 0 Å². The average Bonchev–Trinajstić information content (AvgIpc) is 2.01. The fourth-order valence-corrected chi connectivity index (χ4v) is 1.42. The third-order valence-corrected chi connectivity index (χ3v) is 2.27. The van der Waals surface area contributed by atoms with E-state index in [-0.39, 0.29) is 0 Å². The molecule has 0 atom stereocenters. The van der Waals surface area contributed by atoms with Crippen molar-refractivity contribution in [2.24, 2.45) is 0 Å². The van der Waals surface area contributed by atoms with Crippen LogP contribution in [0.2, 0.25) is 0 Å². The molecule has 3 heteroatoms. The smallest absolute Gasteiger partial charge is 0.0560 e. The van der Waals surface area contributed by atoms with Crippen LogP contribution >= 0.6 is 11.8 Å². The third-order valence-electron chi connectivity index (χ3n) is 1.36. The van der Waals surface area contributed by atoms with E-state index in [4.69, 9.17) is 9.47 Å². The highest BCUT2D eigenvalue weighted by atomic mass is 32.2. The van der Waals surface area contributed by atoms with Gasteiger partial charge in [-0.1, -0.05) is 0 Å². The second-order valence-corrected chi connectivity index (χ2v) is 4.68. The van der Waals surface area contributed by atoms with Gasteiger partial charge in [0, 0.05) is 11.5 Å². The lowest BCUT2D eigenvalue weighted by molar-refractivity contribution is 0.0898. The fraction of sp³-hybridized carbons (Fsp3) is 1.00. The molecule has 0 aliphatic heterocycles. The van der Waals surface area contributed by atoms with E-state index in [9.17, 15) is 0 Å². The molecule has 0 heterocycles. The number of hydrogen-bond acceptors (Lipinski definition) is 3. The Bertz CT molecular complexity index is 93.1. The summed E-state index contributed by atoms with van der Waals surface area (Å²) >= 11 is 1.89. The van der Waals surface area contributed by atoms with Crippen molar-refractivity contribution in [3.05, 3.63) is 0 Å². The molecule has 0 saturated carbocycles. The van der Waals surface area contributed by atoms with Crippen molar-refractivity contribution in [2.45, 2.75) is 39.9 Å². The first-order valence-corrected chi connectivity index (χ1v) is 6.09. The minimum Gasteiger partial charge on any atom is -0.378 e. The van der Waals surface area contributed by atoms with Gasteiger partial charge in [0.15, 0.2) is 0 Å². The molecule has 80 valence electrons. The van der Waals surface area contributed by atoms with E-state index in [0.29, 0.717) is 12.2 Å². The molecule has 0 aromatic rings. The van der Waals surface area contributed by atoms with Crippen molar-refractivity contribution < 1.29 is 9.47 Å². The van der Waals surface area contributed by atoms with Crippen molar-refractivity contribution >= 4 is 11.8 Å². The molecule has 0 rings (SSSR count). The van der Waals surface area contributed by atoms with Gasteiger partial charge in [0.1, 0.15) is 0 Å². The van der Waals surface area contributed by atoms with Crippen molar-refractivity contribution in [3.63, 3.8) is 0 Å². The van der Waals surface area contributed by atoms with Gasteiger partial charge >= 0.3 is 0 Å². The third kappa shape index (κ3) is 12.3. The standard InChI is InChI=1S/C10H22O2S/c1-9(2)11-5-7-13-8-6-12-10(3)4/h9-10H,5-8H2,1-4H3. The zero-order chi connectivity index (χ0) is 10.1. The highest BCUT2D eigenvalue weighted by Gasteiger charge is 1.95. The predicted octanol–water partition coefficient (Wildman–Crippen LogP) is 2.57. The Morgan fingerprint density at radius 2 is 1.23 bits per heavy atom. The second kappa shape index (κ2) is 8.85. The maximum absolute atomic E-state index is 5.41. The van der Waals surface area contributed by atoms with E-state index >= 15 is 0 Å². The second-order valence-electron chi connectivity index (χ2n) is 3.45. The van der Waals surface area contributed by atoms with Crippen molar-refractivity contribution in [2.75, 3.05) is 24.7 Å². The topological polar surface area (TPSA) is 18.5 Å². The molecule has 0 bridgehead atoms. The van der Waals surface area contributed by atoms with Crippen LogP contribution in [0.25, 0.3) is 0 Å². The minimum absolute atomic E-state index is 0.354. The first-order valence-electron chi connectivity index (χ1n) is 4.94. The van der Waals surface area contributed by atoms with Gasteiger partial charge in [-0.05, 0) is 27.7 Å². The van der Waals surface area contributed by atoms with Gasteiger partial charge in [0.25, 0.3) is 0 Å². The number of ether oxygens (including phenoxy) is 2. The molecule has 0 aromatic heterocycles. The Morgan fingerprint density at radius 1 is 0.846 bits per heavy atom. The van der Waals surface area contributed by atoms with Crippen LogP contribution in [0.3, 0.4) is 0 Å². The molecule has 2 nitrogen and oxygen atoms in total. The molecule has 0 aromatic carbocycles. The Balaban J connectivity index is 2.92. The molecule has 0 spiro atoms. The van der Waals surface area contributed by atoms with E-state index in [1.54, 1.807) is 0 Å². The summed E-state index contributed by atoms with van der Waals surface area (Å²) in [4.78, 5) is 0. The van der Waals surface area contributed by atoms with Crippen LogP contribution in [-0.2, 0) is 9.47 Å². The summed E-state index contributed by atoms with van der Waals surface area (Å²) in [6.45, 7) is 9.95. The van der Waals surface area contributed by atoms with Crippen LogP contribution < -0.4 is 0 Å². The van der Waals surface area contributed by atoms with Crippen LogP contribution in [0.4, 0.5) is 0 Å². The SMILES string of the molecule is CC(C)OCCSCCOC(C)C. The van der Waals surface area contributed by atoms with Crippen LogP contribution in [0.1, 0.15) is 27.7 Å². The molecule has 0 saturated heterocycles. The fourth-order valence-electron chi connectivity index (χ4n) is 0.788. The summed E-state index contributed by atoms with van der Waals surface area (Å²) in [5.41, 5.74) is 0. The van der Waals surface area contributed by atoms with Gasteiger partial charge in [-0.2, -0.15) is 11.8 Å². The number of rotatable bonds is 8. The number of hydrogen-bond donors (Lipinski definition) is 0. The molecule has 0 radical (unpaired) electrons. The summed E-state index contributed by atoms with van der Waals surface area (Å²) in [6, 6.07) is 0. The van der Waals surface area contributed by atoms with E-state index in [0.717, 1.165) is 24.7 Å². The maximum Gasteiger partial charge on any atom is 0.0560 e. The molecule has 0 aliphatic carbocycles. The molecule has 0 N–H and O–H groups in total. The zero-order valence-electron chi connectivity index (χ0n) is 9.21. The van der Waals surface area contributed by atoms with Gasteiger partial charge in [-0.15, -0.1) is 0 Å². The van der Waals surface area contributed by atoms with Gasteiger partial charge in [0.2, 0.25) is 0 Å². The molecule has 0 fully saturated rings. The summed E-state index contributed by atoms with van der Waals surface area (Å²) in [5, 5.41) is 0. The Morgan fingerprint density at radius 3 is 1.54 bits per heavy atom. The van der Waals surface area contributed by atoms with Crippen LogP contribution in [0, 0.1) is 0 Å². The van der Waals surface area contributed by atoms with E-state index in [2.05, 4.69) is 27.7 Å². The quantitative estimate of drug-likeness (QED) is 0.569. The van der Waals surface area contributed by atoms with E-state index in [1.165, 1.54) is 0 Å². The van der Waals surface area contributed by atoms with Crippen LogP contribution in [0.15, 0.2) is 0 Å². The largest absolute Gasteiger partial charge is 0.378 e. The van der Waals surface area contributed by atoms with E-state index in [1.807, 2.05) is 11.8 Å². The Kier molecular flexibility index (Phi) is 9.03. The minimum atomic E-state index is 0.354. The molecular weight excluding hydrogens is 184 g/mol. The van der Waals surface area contributed by atoms with Crippen molar-refractivity contribution in [3.8, 4) is 0 Å².